The number of hydrogen-bond donors (Lipinski definition) is 1. The quantitative estimate of drug-likeness (QED) is 0.648. The number of urea groups is 1. The van der Waals surface area contributed by atoms with Gasteiger partial charge >= 0.3 is 6.03 Å². The van der Waals surface area contributed by atoms with Gasteiger partial charge in [0.1, 0.15) is 0 Å². The Morgan fingerprint density at radius 1 is 1.18 bits per heavy atom. The zero-order valence-corrected chi connectivity index (χ0v) is 8.01. The Labute approximate surface area is 68.8 Å². The summed E-state index contributed by atoms with van der Waals surface area (Å²) >= 11 is 0. The van der Waals surface area contributed by atoms with Crippen molar-refractivity contribution in [1.82, 2.24) is 10.2 Å². The summed E-state index contributed by atoms with van der Waals surface area (Å²) in [6.07, 6.45) is 0. The van der Waals surface area contributed by atoms with Crippen LogP contribution in [-0.2, 0) is 0 Å². The predicted molar refractivity (Wildman–Crippen MR) is 46.6 cm³/mol. The Bertz CT molecular complexity index is 124. The van der Waals surface area contributed by atoms with Crippen LogP contribution >= 0.6 is 0 Å². The van der Waals surface area contributed by atoms with Crippen molar-refractivity contribution in [2.24, 2.45) is 0 Å². The molecular weight excluding hydrogens is 140 g/mol. The van der Waals surface area contributed by atoms with Crippen LogP contribution < -0.4 is 5.32 Å². The molecule has 0 atom stereocenters. The van der Waals surface area contributed by atoms with E-state index in [1.54, 1.807) is 11.9 Å². The second-order valence-corrected chi connectivity index (χ2v) is 3.15. The third-order valence-corrected chi connectivity index (χ3v) is 1.56. The smallest absolute Gasteiger partial charge is 0.317 e. The first kappa shape index (κ1) is 10.3. The van der Waals surface area contributed by atoms with Crippen LogP contribution in [-0.4, -0.2) is 30.1 Å². The monoisotopic (exact) mass is 158 g/mol. The SMILES string of the molecule is CNC(=O)N(C(C)C)C(C)C. The van der Waals surface area contributed by atoms with Gasteiger partial charge in [0.25, 0.3) is 0 Å². The van der Waals surface area contributed by atoms with E-state index in [0.29, 0.717) is 0 Å². The van der Waals surface area contributed by atoms with E-state index < -0.39 is 0 Å². The fourth-order valence-corrected chi connectivity index (χ4v) is 1.19. The number of amides is 2. The summed E-state index contributed by atoms with van der Waals surface area (Å²) in [4.78, 5) is 13.0. The van der Waals surface area contributed by atoms with Crippen LogP contribution in [0.4, 0.5) is 4.79 Å². The van der Waals surface area contributed by atoms with E-state index in [0.717, 1.165) is 0 Å². The summed E-state index contributed by atoms with van der Waals surface area (Å²) in [6, 6.07) is 0.514. The lowest BCUT2D eigenvalue weighted by molar-refractivity contribution is 0.167. The third kappa shape index (κ3) is 2.78. The molecule has 0 radical (unpaired) electrons. The molecule has 3 heteroatoms. The number of carbonyl (C=O) groups excluding carboxylic acids is 1. The molecular formula is C8H18N2O. The van der Waals surface area contributed by atoms with Gasteiger partial charge in [0, 0.05) is 19.1 Å². The largest absolute Gasteiger partial charge is 0.341 e. The molecule has 66 valence electrons. The van der Waals surface area contributed by atoms with Gasteiger partial charge in [-0.05, 0) is 27.7 Å². The normalized spacial score (nSPS) is 10.5. The van der Waals surface area contributed by atoms with Gasteiger partial charge in [0.15, 0.2) is 0 Å². The highest BCUT2D eigenvalue weighted by Gasteiger charge is 2.17. The topological polar surface area (TPSA) is 32.3 Å². The van der Waals surface area contributed by atoms with Gasteiger partial charge in [-0.1, -0.05) is 0 Å². The Morgan fingerprint density at radius 2 is 1.55 bits per heavy atom. The second kappa shape index (κ2) is 4.21. The predicted octanol–water partition coefficient (Wildman–Crippen LogP) is 1.44. The van der Waals surface area contributed by atoms with Crippen LogP contribution in [0.1, 0.15) is 27.7 Å². The first-order chi connectivity index (χ1) is 5.00. The lowest BCUT2D eigenvalue weighted by Crippen LogP contribution is -2.46. The van der Waals surface area contributed by atoms with Crippen molar-refractivity contribution in [3.05, 3.63) is 0 Å². The molecule has 0 spiro atoms. The van der Waals surface area contributed by atoms with Gasteiger partial charge in [-0.3, -0.25) is 0 Å². The highest BCUT2D eigenvalue weighted by Crippen LogP contribution is 2.04. The number of nitrogens with one attached hydrogen (secondary N) is 1. The van der Waals surface area contributed by atoms with Crippen LogP contribution in [0.2, 0.25) is 0 Å². The van der Waals surface area contributed by atoms with Crippen molar-refractivity contribution < 1.29 is 4.79 Å². The van der Waals surface area contributed by atoms with Crippen molar-refractivity contribution in [2.75, 3.05) is 7.05 Å². The molecule has 0 unspecified atom stereocenters. The van der Waals surface area contributed by atoms with Gasteiger partial charge in [-0.25, -0.2) is 4.79 Å². The molecule has 0 bridgehead atoms. The molecule has 0 aliphatic heterocycles. The average Bonchev–Trinajstić information content (AvgIpc) is 1.85. The lowest BCUT2D eigenvalue weighted by atomic mass is 10.2. The van der Waals surface area contributed by atoms with Gasteiger partial charge in [-0.2, -0.15) is 0 Å². The fraction of sp³-hybridized carbons (Fsp3) is 0.875. The molecule has 0 aliphatic carbocycles. The number of hydrogen-bond acceptors (Lipinski definition) is 1. The minimum atomic E-state index is -0.00463. The molecule has 1 N–H and O–H groups in total. The maximum Gasteiger partial charge on any atom is 0.317 e. The van der Waals surface area contributed by atoms with Gasteiger partial charge in [0.05, 0.1) is 0 Å². The van der Waals surface area contributed by atoms with E-state index in [4.69, 9.17) is 0 Å². The first-order valence-electron chi connectivity index (χ1n) is 4.00. The summed E-state index contributed by atoms with van der Waals surface area (Å²) in [7, 11) is 1.65. The Balaban J connectivity index is 4.22. The second-order valence-electron chi connectivity index (χ2n) is 3.15. The molecule has 3 nitrogen and oxygen atoms in total. The minimum Gasteiger partial charge on any atom is -0.341 e. The minimum absolute atomic E-state index is 0.00463. The molecule has 0 rings (SSSR count). The zero-order chi connectivity index (χ0) is 9.02. The maximum absolute atomic E-state index is 11.2. The van der Waals surface area contributed by atoms with Crippen LogP contribution in [0, 0.1) is 0 Å². The van der Waals surface area contributed by atoms with Crippen molar-refractivity contribution >= 4 is 6.03 Å². The van der Waals surface area contributed by atoms with Gasteiger partial charge in [0.2, 0.25) is 0 Å². The van der Waals surface area contributed by atoms with Crippen molar-refractivity contribution in [2.45, 2.75) is 39.8 Å². The van der Waals surface area contributed by atoms with Gasteiger partial charge in [-0.15, -0.1) is 0 Å². The standard InChI is InChI=1S/C8H18N2O/c1-6(2)10(7(3)4)8(11)9-5/h6-7H,1-5H3,(H,9,11). The van der Waals surface area contributed by atoms with Crippen LogP contribution in [0.5, 0.6) is 0 Å². The summed E-state index contributed by atoms with van der Waals surface area (Å²) in [5, 5.41) is 2.61. The summed E-state index contributed by atoms with van der Waals surface area (Å²) in [5.41, 5.74) is 0. The summed E-state index contributed by atoms with van der Waals surface area (Å²) in [6.45, 7) is 8.04. The molecule has 0 aromatic rings. The number of carbonyl (C=O) groups is 1. The molecule has 0 saturated carbocycles. The van der Waals surface area contributed by atoms with Crippen LogP contribution in [0.3, 0.4) is 0 Å². The van der Waals surface area contributed by atoms with E-state index in [1.807, 2.05) is 27.7 Å². The van der Waals surface area contributed by atoms with E-state index in [2.05, 4.69) is 5.32 Å². The third-order valence-electron chi connectivity index (χ3n) is 1.56. The van der Waals surface area contributed by atoms with Crippen molar-refractivity contribution in [3.8, 4) is 0 Å². The summed E-state index contributed by atoms with van der Waals surface area (Å²) in [5.74, 6) is 0. The highest BCUT2D eigenvalue weighted by molar-refractivity contribution is 5.74. The molecule has 0 fully saturated rings. The molecule has 0 aromatic carbocycles. The Morgan fingerprint density at radius 3 is 1.64 bits per heavy atom. The van der Waals surface area contributed by atoms with Crippen molar-refractivity contribution in [1.29, 1.82) is 0 Å². The summed E-state index contributed by atoms with van der Waals surface area (Å²) < 4.78 is 0. The molecule has 0 aliphatic rings. The molecule has 0 heterocycles. The Hall–Kier alpha value is -0.730. The van der Waals surface area contributed by atoms with E-state index in [9.17, 15) is 4.79 Å². The first-order valence-corrected chi connectivity index (χ1v) is 4.00. The fourth-order valence-electron chi connectivity index (χ4n) is 1.19. The number of rotatable bonds is 2. The molecule has 0 aromatic heterocycles. The van der Waals surface area contributed by atoms with Crippen LogP contribution in [0.25, 0.3) is 0 Å². The zero-order valence-electron chi connectivity index (χ0n) is 8.01. The maximum atomic E-state index is 11.2. The molecule has 11 heavy (non-hydrogen) atoms. The van der Waals surface area contributed by atoms with E-state index in [-0.39, 0.29) is 18.1 Å². The molecule has 0 saturated heterocycles. The van der Waals surface area contributed by atoms with E-state index in [1.165, 1.54) is 0 Å². The van der Waals surface area contributed by atoms with Gasteiger partial charge < -0.3 is 10.2 Å². The van der Waals surface area contributed by atoms with Crippen LogP contribution in [0.15, 0.2) is 0 Å². The highest BCUT2D eigenvalue weighted by atomic mass is 16.2. The lowest BCUT2D eigenvalue weighted by Gasteiger charge is -2.30. The Kier molecular flexibility index (Phi) is 3.93. The average molecular weight is 158 g/mol. The van der Waals surface area contributed by atoms with E-state index >= 15 is 0 Å². The number of nitrogens with zero attached hydrogens (tertiary/aromatic N) is 1. The van der Waals surface area contributed by atoms with Crippen molar-refractivity contribution in [3.63, 3.8) is 0 Å². The molecule has 2 amide bonds.